The van der Waals surface area contributed by atoms with Gasteiger partial charge in [0.15, 0.2) is 0 Å². The van der Waals surface area contributed by atoms with Gasteiger partial charge in [0.1, 0.15) is 0 Å². The van der Waals surface area contributed by atoms with E-state index in [1.807, 2.05) is 83.1 Å². The third kappa shape index (κ3) is 14.4. The number of carbonyl (C=O) groups is 8. The van der Waals surface area contributed by atoms with Crippen LogP contribution in [0.5, 0.6) is 0 Å². The van der Waals surface area contributed by atoms with Crippen LogP contribution >= 0.6 is 0 Å². The van der Waals surface area contributed by atoms with Crippen LogP contribution in [-0.2, 0) is 103 Å². The zero-order valence-electron chi connectivity index (χ0n) is 52.1. The van der Waals surface area contributed by atoms with E-state index in [0.717, 1.165) is 147 Å². The minimum atomic E-state index is -0.878. The highest BCUT2D eigenvalue weighted by Gasteiger charge is 2.34. The quantitative estimate of drug-likeness (QED) is 0.0256. The summed E-state index contributed by atoms with van der Waals surface area (Å²) in [5, 5.41) is 50.2. The first-order valence-corrected chi connectivity index (χ1v) is 30.4. The number of aromatic nitrogens is 4. The van der Waals surface area contributed by atoms with Gasteiger partial charge in [-0.15, -0.1) is 0 Å². The molecule has 464 valence electrons. The molecule has 8 heterocycles. The molecule has 12 N–H and O–H groups in total. The number of carbonyl (C=O) groups excluding carboxylic acids is 4. The fourth-order valence-electron chi connectivity index (χ4n) is 13.6. The van der Waals surface area contributed by atoms with Gasteiger partial charge in [-0.2, -0.15) is 0 Å². The first-order chi connectivity index (χ1) is 40.7. The smallest absolute Gasteiger partial charge is 0.303 e. The van der Waals surface area contributed by atoms with E-state index in [9.17, 15) is 58.8 Å². The molecule has 0 fully saturated rings. The standard InChI is InChI=1S/2C33H44N4O6/c2*1-7-20-19(6)32(42)37-27(20)14-25-18(5)23(10-12-31(40)41)29(35-25)15-28-22(9-11-30(38)39)17(4)24(34-28)13-26-16(3)21(8-2)33(43)36-26/h2*26-27,34-35H,7-15H2,1-6H3,(H,36,43)(H,37,42)(H,38,39)(H,40,41). The fraction of sp³-hybridized carbons (Fsp3) is 0.515. The maximum atomic E-state index is 12.5. The first kappa shape index (κ1) is 65.4. The molecule has 0 aliphatic carbocycles. The lowest BCUT2D eigenvalue weighted by atomic mass is 9.95. The highest BCUT2D eigenvalue weighted by Crippen LogP contribution is 2.34. The van der Waals surface area contributed by atoms with Gasteiger partial charge in [-0.3, -0.25) is 38.4 Å². The molecule has 0 bridgehead atoms. The Hall–Kier alpha value is -8.16. The van der Waals surface area contributed by atoms with E-state index >= 15 is 0 Å². The monoisotopic (exact) mass is 1180 g/mol. The Balaban J connectivity index is 0.000000246. The zero-order chi connectivity index (χ0) is 63.2. The molecular formula is C66H88N8O12. The number of rotatable bonds is 28. The number of hydrogen-bond donors (Lipinski definition) is 12. The molecule has 0 saturated carbocycles. The molecule has 20 heteroatoms. The molecule has 4 aromatic heterocycles. The van der Waals surface area contributed by atoms with Crippen molar-refractivity contribution in [3.8, 4) is 0 Å². The van der Waals surface area contributed by atoms with Crippen molar-refractivity contribution in [1.82, 2.24) is 41.2 Å². The Morgan fingerprint density at radius 2 is 0.593 bits per heavy atom. The van der Waals surface area contributed by atoms with Crippen molar-refractivity contribution in [2.24, 2.45) is 0 Å². The van der Waals surface area contributed by atoms with Crippen molar-refractivity contribution < 1.29 is 58.8 Å². The number of carboxylic acid groups (broad SMARTS) is 4. The minimum absolute atomic E-state index is 0.0157. The zero-order valence-corrected chi connectivity index (χ0v) is 52.1. The molecule has 4 aromatic rings. The number of amides is 4. The first-order valence-electron chi connectivity index (χ1n) is 30.4. The molecule has 86 heavy (non-hydrogen) atoms. The van der Waals surface area contributed by atoms with Gasteiger partial charge in [0.05, 0.1) is 24.2 Å². The molecule has 4 aliphatic rings. The van der Waals surface area contributed by atoms with Gasteiger partial charge < -0.3 is 61.6 Å². The number of hydrogen-bond acceptors (Lipinski definition) is 8. The summed E-state index contributed by atoms with van der Waals surface area (Å²) >= 11 is 0. The predicted octanol–water partition coefficient (Wildman–Crippen LogP) is 8.24. The van der Waals surface area contributed by atoms with Gasteiger partial charge in [0, 0.05) is 132 Å². The summed E-state index contributed by atoms with van der Waals surface area (Å²) in [4.78, 5) is 110. The number of carboxylic acids is 4. The number of H-pyrrole nitrogens is 4. The Morgan fingerprint density at radius 3 is 0.814 bits per heavy atom. The van der Waals surface area contributed by atoms with E-state index in [2.05, 4.69) is 41.2 Å². The Labute approximate surface area is 503 Å². The van der Waals surface area contributed by atoms with Crippen LogP contribution in [-0.4, -0.2) is 112 Å². The molecule has 4 amide bonds. The second-order valence-corrected chi connectivity index (χ2v) is 23.6. The lowest BCUT2D eigenvalue weighted by molar-refractivity contribution is -0.138. The van der Waals surface area contributed by atoms with Crippen LogP contribution in [0.1, 0.15) is 197 Å². The molecule has 20 nitrogen and oxygen atoms in total. The maximum absolute atomic E-state index is 12.5. The van der Waals surface area contributed by atoms with E-state index in [0.29, 0.717) is 77.0 Å². The molecule has 4 unspecified atom stereocenters. The summed E-state index contributed by atoms with van der Waals surface area (Å²) in [6.07, 6.45) is 7.41. The summed E-state index contributed by atoms with van der Waals surface area (Å²) in [7, 11) is 0. The highest BCUT2D eigenvalue weighted by atomic mass is 16.4. The lowest BCUT2D eigenvalue weighted by Crippen LogP contribution is -2.31. The van der Waals surface area contributed by atoms with Crippen LogP contribution in [0.3, 0.4) is 0 Å². The Bertz CT molecular complexity index is 3270. The molecule has 0 saturated heterocycles. The minimum Gasteiger partial charge on any atom is -0.481 e. The molecule has 4 aliphatic heterocycles. The molecule has 0 aromatic carbocycles. The van der Waals surface area contributed by atoms with E-state index in [-0.39, 0.29) is 73.5 Å². The summed E-state index contributed by atoms with van der Waals surface area (Å²) in [5.41, 5.74) is 22.5. The van der Waals surface area contributed by atoms with Gasteiger partial charge in [0.2, 0.25) is 23.6 Å². The van der Waals surface area contributed by atoms with Crippen LogP contribution in [0.15, 0.2) is 44.6 Å². The normalized spacial score (nSPS) is 18.6. The number of aromatic amines is 4. The molecule has 4 atom stereocenters. The molecule has 0 radical (unpaired) electrons. The molecular weight excluding hydrogens is 1100 g/mol. The van der Waals surface area contributed by atoms with Crippen molar-refractivity contribution in [2.45, 2.75) is 223 Å². The van der Waals surface area contributed by atoms with E-state index in [1.165, 1.54) is 0 Å². The van der Waals surface area contributed by atoms with Crippen molar-refractivity contribution in [1.29, 1.82) is 0 Å². The van der Waals surface area contributed by atoms with Gasteiger partial charge in [0.25, 0.3) is 0 Å². The van der Waals surface area contributed by atoms with Crippen molar-refractivity contribution in [2.75, 3.05) is 0 Å². The van der Waals surface area contributed by atoms with Crippen LogP contribution in [0.25, 0.3) is 0 Å². The van der Waals surface area contributed by atoms with Crippen molar-refractivity contribution in [3.63, 3.8) is 0 Å². The fourth-order valence-corrected chi connectivity index (χ4v) is 13.6. The SMILES string of the molecule is CCC1=C(C)C(Cc2[nH]c(Cc3[nH]c(CC4NC(=O)C(C)=C4CC)c(C)c3CCC(=O)O)c(CCC(=O)O)c2C)NC1=O.CCC1=C(C)C(Cc2[nH]c(Cc3[nH]c(CC4NC(=O)C(C)=C4CC)c(C)c3CCC(=O)O)c(CCC(=O)O)c2C)NC1=O. The average Bonchev–Trinajstić information content (AvgIpc) is 2.80. The summed E-state index contributed by atoms with van der Waals surface area (Å²) in [6, 6.07) is -0.495. The average molecular weight is 1190 g/mol. The van der Waals surface area contributed by atoms with Gasteiger partial charge in [-0.05, 0) is 174 Å². The maximum Gasteiger partial charge on any atom is 0.303 e. The van der Waals surface area contributed by atoms with E-state index in [1.54, 1.807) is 0 Å². The van der Waals surface area contributed by atoms with Crippen LogP contribution < -0.4 is 21.3 Å². The Morgan fingerprint density at radius 1 is 0.349 bits per heavy atom. The lowest BCUT2D eigenvalue weighted by Gasteiger charge is -2.14. The van der Waals surface area contributed by atoms with Crippen LogP contribution in [0.2, 0.25) is 0 Å². The third-order valence-corrected chi connectivity index (χ3v) is 18.7. The topological polar surface area (TPSA) is 329 Å². The van der Waals surface area contributed by atoms with E-state index in [4.69, 9.17) is 0 Å². The van der Waals surface area contributed by atoms with Gasteiger partial charge in [-0.25, -0.2) is 0 Å². The van der Waals surface area contributed by atoms with Crippen LogP contribution in [0, 0.1) is 27.7 Å². The van der Waals surface area contributed by atoms with Gasteiger partial charge in [-0.1, -0.05) is 27.7 Å². The summed E-state index contributed by atoms with van der Waals surface area (Å²) in [6.45, 7) is 23.6. The second-order valence-electron chi connectivity index (χ2n) is 23.6. The number of aliphatic carboxylic acids is 4. The third-order valence-electron chi connectivity index (χ3n) is 18.7. The molecule has 0 spiro atoms. The van der Waals surface area contributed by atoms with E-state index < -0.39 is 23.9 Å². The summed E-state index contributed by atoms with van der Waals surface area (Å²) in [5.74, 6) is -3.68. The predicted molar refractivity (Wildman–Crippen MR) is 326 cm³/mol. The molecule has 8 rings (SSSR count). The van der Waals surface area contributed by atoms with Crippen LogP contribution in [0.4, 0.5) is 0 Å². The van der Waals surface area contributed by atoms with Gasteiger partial charge >= 0.3 is 23.9 Å². The Kier molecular flexibility index (Phi) is 21.2. The summed E-state index contributed by atoms with van der Waals surface area (Å²) < 4.78 is 0. The largest absolute Gasteiger partial charge is 0.481 e. The second kappa shape index (κ2) is 27.9. The highest BCUT2D eigenvalue weighted by molar-refractivity contribution is 5.99. The number of nitrogens with one attached hydrogen (secondary N) is 8. The van der Waals surface area contributed by atoms with Crippen molar-refractivity contribution in [3.05, 3.63) is 135 Å². The van der Waals surface area contributed by atoms with Crippen molar-refractivity contribution >= 4 is 47.5 Å².